The monoisotopic (exact) mass is 616 g/mol. The molecule has 1 atom stereocenters. The highest BCUT2D eigenvalue weighted by molar-refractivity contribution is 9.10. The third kappa shape index (κ3) is 5.90. The molecule has 1 saturated carbocycles. The summed E-state index contributed by atoms with van der Waals surface area (Å²) in [6.45, 7) is 4.32. The molecule has 1 unspecified atom stereocenters. The number of allylic oxidation sites excluding steroid dienone is 1. The van der Waals surface area contributed by atoms with Crippen molar-refractivity contribution < 1.29 is 14.3 Å². The second-order valence-electron chi connectivity index (χ2n) is 9.39. The van der Waals surface area contributed by atoms with E-state index in [1.807, 2.05) is 56.3 Å². The second kappa shape index (κ2) is 12.1. The molecule has 0 bridgehead atoms. The van der Waals surface area contributed by atoms with Crippen LogP contribution in [0.25, 0.3) is 0 Å². The summed E-state index contributed by atoms with van der Waals surface area (Å²) in [7, 11) is 0. The van der Waals surface area contributed by atoms with Crippen LogP contribution in [0, 0.1) is 0 Å². The molecule has 38 heavy (non-hydrogen) atoms. The highest BCUT2D eigenvalue weighted by Gasteiger charge is 2.38. The zero-order chi connectivity index (χ0) is 26.6. The van der Waals surface area contributed by atoms with Crippen molar-refractivity contribution in [1.82, 2.24) is 14.8 Å². The smallest absolute Gasteiger partial charge is 0.338 e. The van der Waals surface area contributed by atoms with E-state index in [-0.39, 0.29) is 12.1 Å². The maximum Gasteiger partial charge on any atom is 0.338 e. The summed E-state index contributed by atoms with van der Waals surface area (Å²) >= 11 is 11.5. The molecule has 200 valence electrons. The van der Waals surface area contributed by atoms with Gasteiger partial charge in [-0.05, 0) is 69.4 Å². The van der Waals surface area contributed by atoms with Crippen molar-refractivity contribution in [1.29, 1.82) is 0 Å². The average Bonchev–Trinajstić information content (AvgIpc) is 3.31. The van der Waals surface area contributed by atoms with Gasteiger partial charge in [0.2, 0.25) is 11.1 Å². The predicted octanol–water partition coefficient (Wildman–Crippen LogP) is 7.55. The zero-order valence-corrected chi connectivity index (χ0v) is 24.5. The standard InChI is InChI=1S/C28H30BrClN4O3S/c1-3-36-23-14-13-19(29)15-21(23)25-24(26(35)37-20-10-5-4-6-11-20)17(2)31-27-32-28(33-34(25)27)38-16-18-9-7-8-12-22(18)30/h7-9,12-15,20,25H,3-6,10-11,16H2,1-2H3,(H,31,32,33). The van der Waals surface area contributed by atoms with E-state index in [1.54, 1.807) is 4.68 Å². The van der Waals surface area contributed by atoms with E-state index in [9.17, 15) is 4.79 Å². The second-order valence-corrected chi connectivity index (χ2v) is 11.7. The van der Waals surface area contributed by atoms with Gasteiger partial charge in [-0.3, -0.25) is 0 Å². The maximum atomic E-state index is 13.7. The molecule has 2 aromatic carbocycles. The Hall–Kier alpha value is -2.49. The minimum atomic E-state index is -0.566. The Morgan fingerprint density at radius 2 is 2.00 bits per heavy atom. The molecule has 2 heterocycles. The summed E-state index contributed by atoms with van der Waals surface area (Å²) in [5, 5.41) is 9.44. The minimum absolute atomic E-state index is 0.0649. The van der Waals surface area contributed by atoms with E-state index in [0.717, 1.165) is 41.3 Å². The number of fused-ring (bicyclic) bond motifs is 1. The Labute approximate surface area is 240 Å². The van der Waals surface area contributed by atoms with Gasteiger partial charge in [-0.1, -0.05) is 63.9 Å². The first-order valence-electron chi connectivity index (χ1n) is 12.9. The Kier molecular flexibility index (Phi) is 8.65. The van der Waals surface area contributed by atoms with E-state index >= 15 is 0 Å². The first-order chi connectivity index (χ1) is 18.4. The van der Waals surface area contributed by atoms with Crippen LogP contribution < -0.4 is 10.1 Å². The van der Waals surface area contributed by atoms with Crippen LogP contribution in [-0.2, 0) is 15.3 Å². The Bertz CT molecular complexity index is 1360. The normalized spacial score (nSPS) is 17.6. The number of ether oxygens (including phenoxy) is 2. The first-order valence-corrected chi connectivity index (χ1v) is 15.0. The molecular formula is C28H30BrClN4O3S. The topological polar surface area (TPSA) is 78.3 Å². The highest BCUT2D eigenvalue weighted by atomic mass is 79.9. The van der Waals surface area contributed by atoms with Gasteiger partial charge >= 0.3 is 5.97 Å². The largest absolute Gasteiger partial charge is 0.494 e. The fourth-order valence-corrected chi connectivity index (χ4v) is 6.41. The average molecular weight is 618 g/mol. The van der Waals surface area contributed by atoms with Crippen molar-refractivity contribution in [2.75, 3.05) is 11.9 Å². The molecule has 0 spiro atoms. The molecule has 1 aromatic heterocycles. The minimum Gasteiger partial charge on any atom is -0.494 e. The Morgan fingerprint density at radius 1 is 1.21 bits per heavy atom. The third-order valence-electron chi connectivity index (χ3n) is 6.76. The molecule has 0 amide bonds. The van der Waals surface area contributed by atoms with Gasteiger partial charge in [0.15, 0.2) is 0 Å². The van der Waals surface area contributed by atoms with Crippen LogP contribution in [0.3, 0.4) is 0 Å². The van der Waals surface area contributed by atoms with Crippen molar-refractivity contribution in [2.45, 2.75) is 69.0 Å². The number of carbonyl (C=O) groups excluding carboxylic acids is 1. The van der Waals surface area contributed by atoms with Gasteiger partial charge in [0, 0.05) is 26.5 Å². The number of benzene rings is 2. The lowest BCUT2D eigenvalue weighted by molar-refractivity contribution is -0.146. The third-order valence-corrected chi connectivity index (χ3v) is 8.51. The summed E-state index contributed by atoms with van der Waals surface area (Å²) < 4.78 is 14.7. The lowest BCUT2D eigenvalue weighted by Gasteiger charge is -2.31. The van der Waals surface area contributed by atoms with Crippen LogP contribution in [0.1, 0.15) is 63.1 Å². The number of esters is 1. The number of thioether (sulfide) groups is 1. The number of nitrogens with zero attached hydrogens (tertiary/aromatic N) is 3. The molecule has 0 saturated heterocycles. The summed E-state index contributed by atoms with van der Waals surface area (Å²) in [4.78, 5) is 18.5. The van der Waals surface area contributed by atoms with E-state index in [1.165, 1.54) is 18.2 Å². The predicted molar refractivity (Wildman–Crippen MR) is 154 cm³/mol. The molecule has 1 aliphatic heterocycles. The molecule has 1 fully saturated rings. The maximum absolute atomic E-state index is 13.7. The SMILES string of the molecule is CCOc1ccc(Br)cc1C1C(C(=O)OC2CCCCC2)=C(C)Nc2nc(SCc3ccccc3Cl)nn21. The van der Waals surface area contributed by atoms with E-state index < -0.39 is 6.04 Å². The molecule has 0 radical (unpaired) electrons. The van der Waals surface area contributed by atoms with Crippen LogP contribution in [0.15, 0.2) is 63.4 Å². The molecule has 10 heteroatoms. The van der Waals surface area contributed by atoms with Crippen LogP contribution >= 0.6 is 39.3 Å². The molecule has 2 aliphatic rings. The quantitative estimate of drug-likeness (QED) is 0.207. The molecule has 3 aromatic rings. The number of aromatic nitrogens is 3. The molecular weight excluding hydrogens is 588 g/mol. The Morgan fingerprint density at radius 3 is 2.76 bits per heavy atom. The van der Waals surface area contributed by atoms with E-state index in [2.05, 4.69) is 21.2 Å². The number of hydrogen-bond donors (Lipinski definition) is 1. The number of anilines is 1. The van der Waals surface area contributed by atoms with E-state index in [4.69, 9.17) is 31.2 Å². The number of rotatable bonds is 8. The zero-order valence-electron chi connectivity index (χ0n) is 21.4. The summed E-state index contributed by atoms with van der Waals surface area (Å²) in [6, 6.07) is 13.0. The molecule has 1 aliphatic carbocycles. The number of halogens is 2. The number of hydrogen-bond acceptors (Lipinski definition) is 7. The number of nitrogens with one attached hydrogen (secondary N) is 1. The summed E-state index contributed by atoms with van der Waals surface area (Å²) in [6.07, 6.45) is 5.08. The van der Waals surface area contributed by atoms with Crippen LogP contribution in [0.5, 0.6) is 5.75 Å². The van der Waals surface area contributed by atoms with Crippen LogP contribution in [0.4, 0.5) is 5.95 Å². The van der Waals surface area contributed by atoms with Gasteiger partial charge in [0.05, 0.1) is 12.2 Å². The fraction of sp³-hybridized carbons (Fsp3) is 0.393. The summed E-state index contributed by atoms with van der Waals surface area (Å²) in [5.41, 5.74) is 3.02. The fourth-order valence-electron chi connectivity index (χ4n) is 4.92. The van der Waals surface area contributed by atoms with Gasteiger partial charge in [0.1, 0.15) is 17.9 Å². The van der Waals surface area contributed by atoms with Crippen molar-refractivity contribution >= 4 is 51.2 Å². The highest BCUT2D eigenvalue weighted by Crippen LogP contribution is 2.42. The van der Waals surface area contributed by atoms with Gasteiger partial charge in [-0.2, -0.15) is 4.98 Å². The lowest BCUT2D eigenvalue weighted by atomic mass is 9.94. The lowest BCUT2D eigenvalue weighted by Crippen LogP contribution is -2.32. The van der Waals surface area contributed by atoms with Gasteiger partial charge in [0.25, 0.3) is 0 Å². The van der Waals surface area contributed by atoms with Crippen molar-refractivity contribution in [3.8, 4) is 5.75 Å². The first kappa shape index (κ1) is 27.1. The van der Waals surface area contributed by atoms with Gasteiger partial charge in [-0.25, -0.2) is 9.48 Å². The van der Waals surface area contributed by atoms with Crippen molar-refractivity contribution in [3.05, 3.63) is 74.4 Å². The molecule has 1 N–H and O–H groups in total. The molecule has 5 rings (SSSR count). The van der Waals surface area contributed by atoms with Crippen molar-refractivity contribution in [2.24, 2.45) is 0 Å². The van der Waals surface area contributed by atoms with Gasteiger partial charge < -0.3 is 14.8 Å². The van der Waals surface area contributed by atoms with Crippen LogP contribution in [0.2, 0.25) is 5.02 Å². The summed E-state index contributed by atoms with van der Waals surface area (Å²) in [5.74, 6) is 1.54. The van der Waals surface area contributed by atoms with Crippen molar-refractivity contribution in [3.63, 3.8) is 0 Å². The Balaban J connectivity index is 1.52. The van der Waals surface area contributed by atoms with Crippen LogP contribution in [-0.4, -0.2) is 33.4 Å². The number of carbonyl (C=O) groups is 1. The van der Waals surface area contributed by atoms with E-state index in [0.29, 0.717) is 45.5 Å². The van der Waals surface area contributed by atoms with Gasteiger partial charge in [-0.15, -0.1) is 5.10 Å². The molecule has 7 nitrogen and oxygen atoms in total.